The Morgan fingerprint density at radius 2 is 1.55 bits per heavy atom. The molecular formula is C51H54N8O8S2. The van der Waals surface area contributed by atoms with Crippen LogP contribution in [0.3, 0.4) is 0 Å². The van der Waals surface area contributed by atoms with Crippen molar-refractivity contribution in [3.05, 3.63) is 128 Å². The number of aliphatic imine (C=N–C) groups is 1. The maximum atomic E-state index is 14.3. The van der Waals surface area contributed by atoms with Crippen LogP contribution in [0.2, 0.25) is 0 Å². The van der Waals surface area contributed by atoms with Crippen molar-refractivity contribution in [2.75, 3.05) is 20.3 Å². The fraction of sp³-hybridized carbons (Fsp3) is 0.353. The molecule has 0 saturated carbocycles. The summed E-state index contributed by atoms with van der Waals surface area (Å²) in [7, 11) is 1.36. The van der Waals surface area contributed by atoms with Gasteiger partial charge in [-0.3, -0.25) is 28.7 Å². The highest BCUT2D eigenvalue weighted by Gasteiger charge is 2.44. The van der Waals surface area contributed by atoms with Crippen LogP contribution in [0.4, 0.5) is 0 Å². The van der Waals surface area contributed by atoms with Crippen LogP contribution in [0.5, 0.6) is 0 Å². The molecule has 3 amide bonds. The van der Waals surface area contributed by atoms with Crippen molar-refractivity contribution in [1.82, 2.24) is 35.3 Å². The third-order valence-electron chi connectivity index (χ3n) is 12.4. The van der Waals surface area contributed by atoms with Crippen LogP contribution >= 0.6 is 22.7 Å². The van der Waals surface area contributed by atoms with E-state index < -0.39 is 59.3 Å². The van der Waals surface area contributed by atoms with Crippen molar-refractivity contribution in [1.29, 1.82) is 0 Å². The normalized spacial score (nSPS) is 17.0. The van der Waals surface area contributed by atoms with Gasteiger partial charge in [-0.05, 0) is 73.1 Å². The highest BCUT2D eigenvalue weighted by Crippen LogP contribution is 2.40. The van der Waals surface area contributed by atoms with Crippen molar-refractivity contribution in [2.45, 2.75) is 92.1 Å². The average Bonchev–Trinajstić information content (AvgIpc) is 4.13. The third-order valence-corrected chi connectivity index (χ3v) is 14.5. The first-order valence-corrected chi connectivity index (χ1v) is 24.3. The standard InChI is InChI=1S/C51H54N8O8S2/c1-9-67-50(65)42-43(68-26-53-42)34-12-10-30(11-13-34)24-52-47(63)38-22-36(60)25-58(38)48(64)44(51(5,6)7)55-46(62)35-20-16-32(17-21-35)31-14-18-33(19-15-31)41-40-27(2)28(3)69-49(40)59-29(4)56-57-45(59)37(54-41)23-39(61)66-8/h10-21,26,36-38,44,60H,9,22-25H2,1-8H3,(H,52,63)(H,55,62)/t36-,37+,38+,44?/m1/s1. The minimum Gasteiger partial charge on any atom is -0.469 e. The van der Waals surface area contributed by atoms with E-state index in [1.54, 1.807) is 35.9 Å². The second-order valence-corrected chi connectivity index (χ2v) is 20.2. The first-order valence-electron chi connectivity index (χ1n) is 22.6. The number of aliphatic hydroxyl groups excluding tert-OH is 1. The van der Waals surface area contributed by atoms with Gasteiger partial charge < -0.3 is 30.1 Å². The molecule has 0 aliphatic carbocycles. The number of nitrogens with one attached hydrogen (secondary N) is 2. The van der Waals surface area contributed by atoms with E-state index in [0.29, 0.717) is 22.1 Å². The van der Waals surface area contributed by atoms with Gasteiger partial charge in [0.15, 0.2) is 11.5 Å². The quantitative estimate of drug-likeness (QED) is 0.0996. The summed E-state index contributed by atoms with van der Waals surface area (Å²) in [6.07, 6.45) is -0.872. The van der Waals surface area contributed by atoms with E-state index in [0.717, 1.165) is 54.5 Å². The summed E-state index contributed by atoms with van der Waals surface area (Å²) in [6.45, 7) is 13.6. The molecule has 69 heavy (non-hydrogen) atoms. The smallest absolute Gasteiger partial charge is 0.358 e. The van der Waals surface area contributed by atoms with Crippen molar-refractivity contribution >= 4 is 58.0 Å². The Balaban J connectivity index is 0.941. The van der Waals surface area contributed by atoms with Crippen LogP contribution < -0.4 is 10.6 Å². The van der Waals surface area contributed by atoms with Crippen LogP contribution in [-0.2, 0) is 30.4 Å². The number of aliphatic hydroxyl groups is 1. The highest BCUT2D eigenvalue weighted by molar-refractivity contribution is 7.15. The molecule has 8 rings (SSSR count). The highest BCUT2D eigenvalue weighted by atomic mass is 32.1. The van der Waals surface area contributed by atoms with Crippen LogP contribution in [0.1, 0.15) is 106 Å². The molecule has 18 heteroatoms. The number of rotatable bonds is 13. The molecule has 1 saturated heterocycles. The lowest BCUT2D eigenvalue weighted by Crippen LogP contribution is -2.57. The zero-order chi connectivity index (χ0) is 49.3. The SMILES string of the molecule is CCOC(=O)c1ncsc1-c1ccc(CNC(=O)[C@@H]2C[C@@H](O)CN2C(=O)C(NC(=O)c2ccc(-c3ccc(C4=N[C@@H](CC(=O)OC)c5nnc(C)n5-c5sc(C)c(C)c54)cc3)cc2)C(C)(C)C)cc1. The van der Waals surface area contributed by atoms with Gasteiger partial charge in [0.1, 0.15) is 29.0 Å². The molecule has 0 bridgehead atoms. The molecule has 3 aromatic carbocycles. The van der Waals surface area contributed by atoms with E-state index in [9.17, 15) is 29.1 Å². The van der Waals surface area contributed by atoms with Gasteiger partial charge in [-0.25, -0.2) is 9.78 Å². The lowest BCUT2D eigenvalue weighted by atomic mass is 9.85. The fourth-order valence-electron chi connectivity index (χ4n) is 8.61. The maximum Gasteiger partial charge on any atom is 0.358 e. The molecule has 5 heterocycles. The van der Waals surface area contributed by atoms with E-state index >= 15 is 0 Å². The Kier molecular flexibility index (Phi) is 14.1. The number of aromatic nitrogens is 4. The zero-order valence-corrected chi connectivity index (χ0v) is 41.3. The number of aryl methyl sites for hydroxylation is 2. The number of thiazole rings is 1. The first kappa shape index (κ1) is 48.6. The van der Waals surface area contributed by atoms with Crippen molar-refractivity contribution in [2.24, 2.45) is 10.4 Å². The second kappa shape index (κ2) is 20.0. The van der Waals surface area contributed by atoms with Gasteiger partial charge in [-0.1, -0.05) is 81.4 Å². The average molecular weight is 971 g/mol. The number of benzene rings is 3. The van der Waals surface area contributed by atoms with E-state index in [2.05, 4.69) is 39.7 Å². The summed E-state index contributed by atoms with van der Waals surface area (Å²) >= 11 is 2.96. The second-order valence-electron chi connectivity index (χ2n) is 18.2. The van der Waals surface area contributed by atoms with Gasteiger partial charge in [0.25, 0.3) is 5.91 Å². The number of fused-ring (bicyclic) bond motifs is 3. The molecule has 4 atom stereocenters. The van der Waals surface area contributed by atoms with Gasteiger partial charge in [0.05, 0.1) is 42.3 Å². The van der Waals surface area contributed by atoms with Crippen LogP contribution in [0.25, 0.3) is 26.6 Å². The summed E-state index contributed by atoms with van der Waals surface area (Å²) in [6, 6.07) is 19.8. The number of hydrogen-bond acceptors (Lipinski definition) is 14. The number of thiophene rings is 1. The number of β-amino-alcohol motifs (C(OH)–C–C–N with tert-alkyl or cyclic N) is 1. The number of hydrogen-bond donors (Lipinski definition) is 3. The topological polar surface area (TPSA) is 207 Å². The van der Waals surface area contributed by atoms with Gasteiger partial charge in [-0.15, -0.1) is 32.9 Å². The van der Waals surface area contributed by atoms with E-state index in [-0.39, 0.29) is 38.2 Å². The first-order chi connectivity index (χ1) is 33.0. The van der Waals surface area contributed by atoms with Gasteiger partial charge in [-0.2, -0.15) is 0 Å². The number of esters is 2. The molecule has 0 spiro atoms. The molecule has 6 aromatic rings. The number of amides is 3. The van der Waals surface area contributed by atoms with Crippen LogP contribution in [0.15, 0.2) is 83.3 Å². The molecular weight excluding hydrogens is 917 g/mol. The lowest BCUT2D eigenvalue weighted by Gasteiger charge is -2.35. The molecule has 1 fully saturated rings. The fourth-order valence-corrected chi connectivity index (χ4v) is 10.6. The van der Waals surface area contributed by atoms with Crippen molar-refractivity contribution in [3.63, 3.8) is 0 Å². The molecule has 3 N–H and O–H groups in total. The van der Waals surface area contributed by atoms with Crippen molar-refractivity contribution in [3.8, 4) is 26.6 Å². The molecule has 358 valence electrons. The molecule has 16 nitrogen and oxygen atoms in total. The summed E-state index contributed by atoms with van der Waals surface area (Å²) in [5.74, 6) is -0.974. The van der Waals surface area contributed by atoms with Crippen molar-refractivity contribution < 1.29 is 38.6 Å². The Bertz CT molecular complexity index is 2950. The minimum atomic E-state index is -1.02. The van der Waals surface area contributed by atoms with Gasteiger partial charge in [0.2, 0.25) is 11.8 Å². The predicted molar refractivity (Wildman–Crippen MR) is 263 cm³/mol. The number of nitrogens with zero attached hydrogens (tertiary/aromatic N) is 6. The molecule has 3 aromatic heterocycles. The predicted octanol–water partition coefficient (Wildman–Crippen LogP) is 7.10. The third kappa shape index (κ3) is 10.0. The summed E-state index contributed by atoms with van der Waals surface area (Å²) in [4.78, 5) is 79.3. The van der Waals surface area contributed by atoms with E-state index in [1.807, 2.05) is 92.9 Å². The minimum absolute atomic E-state index is 0.00329. The number of methoxy groups -OCH3 is 1. The van der Waals surface area contributed by atoms with E-state index in [4.69, 9.17) is 14.5 Å². The number of carbonyl (C=O) groups excluding carboxylic acids is 5. The monoisotopic (exact) mass is 970 g/mol. The number of likely N-dealkylation sites (tertiary alicyclic amines) is 1. The molecule has 2 aliphatic rings. The van der Waals surface area contributed by atoms with Crippen LogP contribution in [0, 0.1) is 26.2 Å². The number of carbonyl (C=O) groups is 5. The molecule has 2 aliphatic heterocycles. The largest absolute Gasteiger partial charge is 0.469 e. The molecule has 0 radical (unpaired) electrons. The number of ether oxygens (including phenoxy) is 2. The van der Waals surface area contributed by atoms with Gasteiger partial charge in [0, 0.05) is 41.1 Å². The maximum absolute atomic E-state index is 14.3. The zero-order valence-electron chi connectivity index (χ0n) is 39.7. The Morgan fingerprint density at radius 3 is 2.20 bits per heavy atom. The Labute approximate surface area is 407 Å². The van der Waals surface area contributed by atoms with E-state index in [1.165, 1.54) is 23.3 Å². The van der Waals surface area contributed by atoms with Gasteiger partial charge >= 0.3 is 11.9 Å². The summed E-state index contributed by atoms with van der Waals surface area (Å²) < 4.78 is 12.2. The lowest BCUT2D eigenvalue weighted by molar-refractivity contribution is -0.142. The van der Waals surface area contributed by atoms with Crippen LogP contribution in [-0.4, -0.2) is 104 Å². The summed E-state index contributed by atoms with van der Waals surface area (Å²) in [5.41, 5.74) is 8.39. The molecule has 1 unspecified atom stereocenters. The summed E-state index contributed by atoms with van der Waals surface area (Å²) in [5, 5.41) is 26.3. The Morgan fingerprint density at radius 1 is 0.899 bits per heavy atom. The Hall–Kier alpha value is -6.89.